The Bertz CT molecular complexity index is 697. The molecule has 0 bridgehead atoms. The van der Waals surface area contributed by atoms with Crippen LogP contribution in [0.3, 0.4) is 0 Å². The Morgan fingerprint density at radius 1 is 1.22 bits per heavy atom. The fraction of sp³-hybridized carbons (Fsp3) is 0.636. The van der Waals surface area contributed by atoms with Gasteiger partial charge < -0.3 is 19.9 Å². The number of allylic oxidation sites excluding steroid dienone is 1. The Morgan fingerprint density at radius 2 is 1.93 bits per heavy atom. The third-order valence-corrected chi connectivity index (χ3v) is 5.32. The van der Waals surface area contributed by atoms with Crippen molar-refractivity contribution in [1.82, 2.24) is 5.32 Å². The molecule has 1 aromatic carbocycles. The minimum atomic E-state index is -0.352. The Kier molecular flexibility index (Phi) is 7.23. The normalized spacial score (nSPS) is 19.9. The van der Waals surface area contributed by atoms with Gasteiger partial charge in [0.25, 0.3) is 0 Å². The predicted molar refractivity (Wildman–Crippen MR) is 113 cm³/mol. The van der Waals surface area contributed by atoms with Crippen molar-refractivity contribution in [2.75, 3.05) is 13.2 Å². The fourth-order valence-corrected chi connectivity index (χ4v) is 4.04. The van der Waals surface area contributed by atoms with Crippen molar-refractivity contribution in [3.63, 3.8) is 0 Å². The maximum Gasteiger partial charge on any atom is 0.132 e. The Hall–Kier alpha value is -1.23. The van der Waals surface area contributed by atoms with Gasteiger partial charge in [0, 0.05) is 12.6 Å². The van der Waals surface area contributed by atoms with Crippen LogP contribution in [0.15, 0.2) is 17.7 Å². The highest BCUT2D eigenvalue weighted by atomic mass is 35.5. The van der Waals surface area contributed by atoms with E-state index in [0.29, 0.717) is 13.2 Å². The number of hydrogen-bond donors (Lipinski definition) is 2. The second-order valence-corrected chi connectivity index (χ2v) is 8.38. The molecular weight excluding hydrogens is 362 g/mol. The molecule has 0 radical (unpaired) electrons. The molecule has 1 aromatic rings. The van der Waals surface area contributed by atoms with Gasteiger partial charge in [-0.05, 0) is 89.1 Å². The third-order valence-electron chi connectivity index (χ3n) is 5.32. The quantitative estimate of drug-likeness (QED) is 0.735. The van der Waals surface area contributed by atoms with Crippen LogP contribution < -0.4 is 14.8 Å². The van der Waals surface area contributed by atoms with E-state index in [2.05, 4.69) is 45.1 Å². The zero-order valence-corrected chi connectivity index (χ0v) is 18.0. The molecule has 152 valence electrons. The highest BCUT2D eigenvalue weighted by Gasteiger charge is 2.37. The van der Waals surface area contributed by atoms with E-state index in [0.717, 1.165) is 35.5 Å². The molecule has 3 rings (SSSR count). The van der Waals surface area contributed by atoms with Crippen molar-refractivity contribution in [1.29, 1.82) is 0 Å². The summed E-state index contributed by atoms with van der Waals surface area (Å²) in [4.78, 5) is 0. The van der Waals surface area contributed by atoms with Crippen LogP contribution in [-0.2, 0) is 0 Å². The molecule has 1 aliphatic heterocycles. The first-order valence-corrected chi connectivity index (χ1v) is 9.88. The summed E-state index contributed by atoms with van der Waals surface area (Å²) in [6.07, 6.45) is 4.33. The summed E-state index contributed by atoms with van der Waals surface area (Å²) < 4.78 is 12.6. The topological polar surface area (TPSA) is 50.7 Å². The van der Waals surface area contributed by atoms with Crippen LogP contribution in [0.25, 0.3) is 5.57 Å². The molecular formula is C22H34ClNO3. The lowest BCUT2D eigenvalue weighted by Gasteiger charge is -2.40. The largest absolute Gasteiger partial charge is 0.491 e. The standard InChI is InChI=1S/C22H33NO3.ClH/c1-14-10-19(25-13-15(2)23-12-16(3)24)21-17-8-6-7-9-18(17)22(4,5)26-20(21)11-14;/h10-11,15-16,23-24H,6-9,12-13H2,1-5H3;1H. The van der Waals surface area contributed by atoms with Crippen molar-refractivity contribution in [3.8, 4) is 11.5 Å². The average Bonchev–Trinajstić information content (AvgIpc) is 2.57. The number of aryl methyl sites for hydroxylation is 1. The van der Waals surface area contributed by atoms with E-state index < -0.39 is 0 Å². The molecule has 2 atom stereocenters. The monoisotopic (exact) mass is 395 g/mol. The van der Waals surface area contributed by atoms with Gasteiger partial charge in [-0.25, -0.2) is 0 Å². The van der Waals surface area contributed by atoms with Crippen molar-refractivity contribution >= 4 is 18.0 Å². The van der Waals surface area contributed by atoms with E-state index in [1.54, 1.807) is 6.92 Å². The van der Waals surface area contributed by atoms with Crippen LogP contribution in [0.2, 0.25) is 0 Å². The summed E-state index contributed by atoms with van der Waals surface area (Å²) >= 11 is 0. The second kappa shape index (κ2) is 8.85. The number of hydrogen-bond acceptors (Lipinski definition) is 4. The first-order valence-electron chi connectivity index (χ1n) is 9.88. The van der Waals surface area contributed by atoms with Gasteiger partial charge >= 0.3 is 0 Å². The van der Waals surface area contributed by atoms with E-state index in [-0.39, 0.29) is 30.2 Å². The SMILES string of the molecule is Cc1cc(OCC(C)NCC(C)O)c2c(c1)OC(C)(C)C1=C2CCCC1.Cl. The van der Waals surface area contributed by atoms with E-state index in [1.807, 2.05) is 0 Å². The molecule has 0 amide bonds. The molecule has 0 saturated carbocycles. The average molecular weight is 396 g/mol. The highest BCUT2D eigenvalue weighted by molar-refractivity contribution is 5.85. The van der Waals surface area contributed by atoms with Gasteiger partial charge in [-0.3, -0.25) is 0 Å². The van der Waals surface area contributed by atoms with Crippen molar-refractivity contribution in [2.24, 2.45) is 0 Å². The fourth-order valence-electron chi connectivity index (χ4n) is 4.04. The van der Waals surface area contributed by atoms with Gasteiger partial charge in [0.15, 0.2) is 0 Å². The van der Waals surface area contributed by atoms with Crippen LogP contribution in [0, 0.1) is 6.92 Å². The zero-order valence-electron chi connectivity index (χ0n) is 17.2. The molecule has 0 saturated heterocycles. The van der Waals surface area contributed by atoms with Gasteiger partial charge in [-0.15, -0.1) is 12.4 Å². The molecule has 2 aliphatic rings. The maximum absolute atomic E-state index is 9.43. The summed E-state index contributed by atoms with van der Waals surface area (Å²) in [6, 6.07) is 4.43. The molecule has 5 heteroatoms. The summed E-state index contributed by atoms with van der Waals surface area (Å²) in [5.74, 6) is 1.88. The van der Waals surface area contributed by atoms with Crippen LogP contribution in [0.4, 0.5) is 0 Å². The minimum Gasteiger partial charge on any atom is -0.491 e. The number of nitrogens with one attached hydrogen (secondary N) is 1. The van der Waals surface area contributed by atoms with Crippen LogP contribution in [-0.4, -0.2) is 36.0 Å². The van der Waals surface area contributed by atoms with E-state index in [9.17, 15) is 5.11 Å². The number of halogens is 1. The molecule has 0 spiro atoms. The number of rotatable bonds is 6. The molecule has 2 N–H and O–H groups in total. The lowest BCUT2D eigenvalue weighted by atomic mass is 9.77. The Morgan fingerprint density at radius 3 is 2.63 bits per heavy atom. The first kappa shape index (κ1) is 22.1. The van der Waals surface area contributed by atoms with Crippen molar-refractivity contribution in [2.45, 2.75) is 78.0 Å². The number of ether oxygens (including phenoxy) is 2. The van der Waals surface area contributed by atoms with E-state index in [4.69, 9.17) is 9.47 Å². The number of aliphatic hydroxyl groups excluding tert-OH is 1. The third kappa shape index (κ3) is 4.98. The molecule has 4 nitrogen and oxygen atoms in total. The van der Waals surface area contributed by atoms with Crippen molar-refractivity contribution < 1.29 is 14.6 Å². The van der Waals surface area contributed by atoms with Gasteiger partial charge in [0.1, 0.15) is 23.7 Å². The molecule has 2 unspecified atom stereocenters. The van der Waals surface area contributed by atoms with Crippen molar-refractivity contribution in [3.05, 3.63) is 28.8 Å². The van der Waals surface area contributed by atoms with E-state index >= 15 is 0 Å². The number of aliphatic hydroxyl groups is 1. The van der Waals surface area contributed by atoms with Crippen LogP contribution >= 0.6 is 12.4 Å². The Balaban J connectivity index is 0.00000261. The van der Waals surface area contributed by atoms with Gasteiger partial charge in [0.05, 0.1) is 11.7 Å². The molecule has 1 heterocycles. The summed E-state index contributed by atoms with van der Waals surface area (Å²) in [7, 11) is 0. The van der Waals surface area contributed by atoms with Crippen LogP contribution in [0.5, 0.6) is 11.5 Å². The summed E-state index contributed by atoms with van der Waals surface area (Å²) in [6.45, 7) is 11.5. The predicted octanol–water partition coefficient (Wildman–Crippen LogP) is 4.65. The minimum absolute atomic E-state index is 0. The zero-order chi connectivity index (χ0) is 18.9. The molecule has 0 aromatic heterocycles. The summed E-state index contributed by atoms with van der Waals surface area (Å²) in [5.41, 5.74) is 4.94. The molecule has 1 aliphatic carbocycles. The second-order valence-electron chi connectivity index (χ2n) is 8.38. The highest BCUT2D eigenvalue weighted by Crippen LogP contribution is 2.50. The van der Waals surface area contributed by atoms with Gasteiger partial charge in [0.2, 0.25) is 0 Å². The first-order chi connectivity index (χ1) is 12.3. The molecule has 27 heavy (non-hydrogen) atoms. The lowest BCUT2D eigenvalue weighted by molar-refractivity contribution is 0.136. The number of fused-ring (bicyclic) bond motifs is 2. The smallest absolute Gasteiger partial charge is 0.132 e. The Labute approximate surface area is 169 Å². The van der Waals surface area contributed by atoms with Gasteiger partial charge in [-0.1, -0.05) is 0 Å². The van der Waals surface area contributed by atoms with E-state index in [1.165, 1.54) is 24.0 Å². The molecule has 0 fully saturated rings. The van der Waals surface area contributed by atoms with Crippen LogP contribution in [0.1, 0.15) is 64.5 Å². The summed E-state index contributed by atoms with van der Waals surface area (Å²) in [5, 5.41) is 12.7. The number of benzene rings is 1. The maximum atomic E-state index is 9.43. The lowest BCUT2D eigenvalue weighted by Crippen LogP contribution is -2.37. The van der Waals surface area contributed by atoms with Gasteiger partial charge in [-0.2, -0.15) is 0 Å².